The quantitative estimate of drug-likeness (QED) is 0.551. The first-order valence-corrected chi connectivity index (χ1v) is 2.98. The lowest BCUT2D eigenvalue weighted by molar-refractivity contribution is -0.0152. The summed E-state index contributed by atoms with van der Waals surface area (Å²) in [6, 6.07) is 0. The van der Waals surface area contributed by atoms with Gasteiger partial charge in [0, 0.05) is 6.54 Å². The molecule has 0 spiro atoms. The van der Waals surface area contributed by atoms with Gasteiger partial charge in [-0.25, -0.2) is 4.79 Å². The number of ether oxygens (including phenoxy) is 1. The molecule has 1 heterocycles. The first-order valence-electron chi connectivity index (χ1n) is 2.98. The Morgan fingerprint density at radius 2 is 2.70 bits per heavy atom. The van der Waals surface area contributed by atoms with Crippen molar-refractivity contribution in [1.82, 2.24) is 4.90 Å². The molecule has 1 aliphatic rings. The second kappa shape index (κ2) is 2.70. The molecular weight excluding hydrogens is 134 g/mol. The van der Waals surface area contributed by atoms with Crippen molar-refractivity contribution < 1.29 is 14.6 Å². The predicted molar refractivity (Wildman–Crippen MR) is 34.3 cm³/mol. The van der Waals surface area contributed by atoms with Gasteiger partial charge in [-0.3, -0.25) is 4.90 Å². The lowest BCUT2D eigenvalue weighted by Gasteiger charge is -2.06. The van der Waals surface area contributed by atoms with E-state index in [2.05, 4.69) is 11.3 Å². The van der Waals surface area contributed by atoms with Gasteiger partial charge >= 0.3 is 6.09 Å². The summed E-state index contributed by atoms with van der Waals surface area (Å²) in [4.78, 5) is 12.0. The van der Waals surface area contributed by atoms with Crippen molar-refractivity contribution in [3.63, 3.8) is 0 Å². The highest BCUT2D eigenvalue weighted by atomic mass is 16.7. The first-order chi connectivity index (χ1) is 4.74. The predicted octanol–water partition coefficient (Wildman–Crippen LogP) is -0.0570. The van der Waals surface area contributed by atoms with E-state index in [-0.39, 0.29) is 6.54 Å². The molecule has 1 aliphatic heterocycles. The third-order valence-electron chi connectivity index (χ3n) is 1.22. The van der Waals surface area contributed by atoms with Crippen molar-refractivity contribution in [2.45, 2.75) is 6.29 Å². The van der Waals surface area contributed by atoms with Crippen LogP contribution in [0.1, 0.15) is 0 Å². The van der Waals surface area contributed by atoms with E-state index in [1.165, 1.54) is 4.90 Å². The van der Waals surface area contributed by atoms with Gasteiger partial charge in [0.15, 0.2) is 0 Å². The number of rotatable bonds is 2. The summed E-state index contributed by atoms with van der Waals surface area (Å²) in [5.41, 5.74) is 0. The van der Waals surface area contributed by atoms with E-state index >= 15 is 0 Å². The standard InChI is InChI=1S/C6H9NO3/c1-2-3-7-4-5(8)10-6(7)9/h2,5,8H,1,3-4H2. The second-order valence-electron chi connectivity index (χ2n) is 2.03. The van der Waals surface area contributed by atoms with Crippen LogP contribution in [0.4, 0.5) is 4.79 Å². The van der Waals surface area contributed by atoms with E-state index in [1.54, 1.807) is 6.08 Å². The molecule has 1 amide bonds. The van der Waals surface area contributed by atoms with Crippen LogP contribution < -0.4 is 0 Å². The minimum atomic E-state index is -0.965. The van der Waals surface area contributed by atoms with Gasteiger partial charge in [0.2, 0.25) is 6.29 Å². The Labute approximate surface area is 58.7 Å². The summed E-state index contributed by atoms with van der Waals surface area (Å²) in [5, 5.41) is 8.78. The number of hydrogen-bond acceptors (Lipinski definition) is 3. The Morgan fingerprint density at radius 3 is 3.10 bits per heavy atom. The molecule has 0 radical (unpaired) electrons. The Balaban J connectivity index is 2.46. The summed E-state index contributed by atoms with van der Waals surface area (Å²) in [6.45, 7) is 4.12. The molecule has 10 heavy (non-hydrogen) atoms. The van der Waals surface area contributed by atoms with Gasteiger partial charge in [0.25, 0.3) is 0 Å². The summed E-state index contributed by atoms with van der Waals surface area (Å²) < 4.78 is 4.42. The number of hydrogen-bond donors (Lipinski definition) is 1. The van der Waals surface area contributed by atoms with Crippen LogP contribution in [0.25, 0.3) is 0 Å². The molecule has 0 aliphatic carbocycles. The van der Waals surface area contributed by atoms with Crippen molar-refractivity contribution in [1.29, 1.82) is 0 Å². The molecule has 1 fully saturated rings. The number of cyclic esters (lactones) is 1. The number of nitrogens with zero attached hydrogens (tertiary/aromatic N) is 1. The summed E-state index contributed by atoms with van der Waals surface area (Å²) >= 11 is 0. The third kappa shape index (κ3) is 1.27. The number of amides is 1. The molecule has 0 saturated carbocycles. The lowest BCUT2D eigenvalue weighted by Crippen LogP contribution is -2.24. The molecule has 0 aromatic heterocycles. The average molecular weight is 143 g/mol. The first kappa shape index (κ1) is 7.08. The maximum Gasteiger partial charge on any atom is 0.412 e. The Kier molecular flexibility index (Phi) is 1.91. The van der Waals surface area contributed by atoms with Gasteiger partial charge in [0.1, 0.15) is 0 Å². The summed E-state index contributed by atoms with van der Waals surface area (Å²) in [6.07, 6.45) is 0.138. The zero-order valence-electron chi connectivity index (χ0n) is 5.49. The van der Waals surface area contributed by atoms with Crippen LogP contribution in [0.5, 0.6) is 0 Å². The normalized spacial score (nSPS) is 24.7. The molecule has 1 unspecified atom stereocenters. The van der Waals surface area contributed by atoms with E-state index in [0.717, 1.165) is 0 Å². The fourth-order valence-corrected chi connectivity index (χ4v) is 0.796. The molecule has 0 bridgehead atoms. The van der Waals surface area contributed by atoms with E-state index < -0.39 is 12.4 Å². The van der Waals surface area contributed by atoms with Gasteiger partial charge in [0.05, 0.1) is 6.54 Å². The van der Waals surface area contributed by atoms with E-state index in [0.29, 0.717) is 6.54 Å². The molecule has 56 valence electrons. The zero-order valence-corrected chi connectivity index (χ0v) is 5.49. The molecule has 0 aromatic carbocycles. The topological polar surface area (TPSA) is 49.8 Å². The van der Waals surface area contributed by atoms with E-state index in [1.807, 2.05) is 0 Å². The number of aliphatic hydroxyl groups is 1. The lowest BCUT2D eigenvalue weighted by atomic mass is 10.5. The third-order valence-corrected chi connectivity index (χ3v) is 1.22. The molecular formula is C6H9NO3. The van der Waals surface area contributed by atoms with Crippen LogP contribution >= 0.6 is 0 Å². The van der Waals surface area contributed by atoms with Crippen molar-refractivity contribution in [2.75, 3.05) is 13.1 Å². The minimum Gasteiger partial charge on any atom is -0.418 e. The summed E-state index contributed by atoms with van der Waals surface area (Å²) in [7, 11) is 0. The van der Waals surface area contributed by atoms with Gasteiger partial charge < -0.3 is 9.84 Å². The molecule has 1 rings (SSSR count). The highest BCUT2D eigenvalue weighted by Gasteiger charge is 2.27. The number of carbonyl (C=O) groups excluding carboxylic acids is 1. The van der Waals surface area contributed by atoms with Crippen LogP contribution in [-0.4, -0.2) is 35.5 Å². The molecule has 1 atom stereocenters. The van der Waals surface area contributed by atoms with Crippen molar-refractivity contribution in [3.05, 3.63) is 12.7 Å². The Hall–Kier alpha value is -1.03. The maximum atomic E-state index is 10.7. The molecule has 4 heteroatoms. The SMILES string of the molecule is C=CCN1CC(O)OC1=O. The van der Waals surface area contributed by atoms with Crippen LogP contribution in [0.3, 0.4) is 0 Å². The van der Waals surface area contributed by atoms with Gasteiger partial charge in [-0.2, -0.15) is 0 Å². The van der Waals surface area contributed by atoms with Crippen LogP contribution in [0, 0.1) is 0 Å². The number of β-amino-alcohol motifs (C(OH)–C–C–N with tert-alkyl or cyclic N) is 1. The van der Waals surface area contributed by atoms with Crippen molar-refractivity contribution in [2.24, 2.45) is 0 Å². The second-order valence-corrected chi connectivity index (χ2v) is 2.03. The molecule has 1 N–H and O–H groups in total. The maximum absolute atomic E-state index is 10.7. The zero-order chi connectivity index (χ0) is 7.56. The van der Waals surface area contributed by atoms with Crippen molar-refractivity contribution >= 4 is 6.09 Å². The van der Waals surface area contributed by atoms with E-state index in [4.69, 9.17) is 5.11 Å². The fraction of sp³-hybridized carbons (Fsp3) is 0.500. The van der Waals surface area contributed by atoms with Gasteiger partial charge in [-0.1, -0.05) is 6.08 Å². The highest BCUT2D eigenvalue weighted by molar-refractivity contribution is 5.69. The van der Waals surface area contributed by atoms with Crippen LogP contribution in [0.15, 0.2) is 12.7 Å². The van der Waals surface area contributed by atoms with E-state index in [9.17, 15) is 4.79 Å². The van der Waals surface area contributed by atoms with Gasteiger partial charge in [-0.15, -0.1) is 6.58 Å². The largest absolute Gasteiger partial charge is 0.418 e. The fourth-order valence-electron chi connectivity index (χ4n) is 0.796. The van der Waals surface area contributed by atoms with Gasteiger partial charge in [-0.05, 0) is 0 Å². The monoisotopic (exact) mass is 143 g/mol. The Bertz CT molecular complexity index is 157. The number of carbonyl (C=O) groups is 1. The van der Waals surface area contributed by atoms with Crippen molar-refractivity contribution in [3.8, 4) is 0 Å². The Morgan fingerprint density at radius 1 is 2.00 bits per heavy atom. The molecule has 0 aromatic rings. The number of aliphatic hydroxyl groups excluding tert-OH is 1. The smallest absolute Gasteiger partial charge is 0.412 e. The molecule has 4 nitrogen and oxygen atoms in total. The molecule has 1 saturated heterocycles. The highest BCUT2D eigenvalue weighted by Crippen LogP contribution is 2.07. The minimum absolute atomic E-state index is 0.241. The van der Waals surface area contributed by atoms with Crippen LogP contribution in [0.2, 0.25) is 0 Å². The van der Waals surface area contributed by atoms with Crippen LogP contribution in [-0.2, 0) is 4.74 Å². The average Bonchev–Trinajstić information content (AvgIpc) is 2.13. The summed E-state index contributed by atoms with van der Waals surface area (Å²) in [5.74, 6) is 0.